The van der Waals surface area contributed by atoms with Gasteiger partial charge in [-0.3, -0.25) is 9.36 Å². The lowest BCUT2D eigenvalue weighted by Gasteiger charge is -2.16. The fourth-order valence-electron chi connectivity index (χ4n) is 4.09. The average molecular weight is 562 g/mol. The summed E-state index contributed by atoms with van der Waals surface area (Å²) in [5, 5.41) is 20.9. The maximum atomic E-state index is 12.4. The minimum absolute atomic E-state index is 0.0701. The number of methoxy groups -OCH3 is 1. The molecule has 0 aliphatic carbocycles. The minimum atomic E-state index is -4.34. The molecule has 16 heteroatoms. The predicted octanol–water partition coefficient (Wildman–Crippen LogP) is -0.741. The van der Waals surface area contributed by atoms with Crippen LogP contribution in [0.5, 0.6) is 0 Å². The zero-order valence-corrected chi connectivity index (χ0v) is 21.5. The van der Waals surface area contributed by atoms with Crippen LogP contribution in [0.2, 0.25) is 0 Å². The third-order valence-electron chi connectivity index (χ3n) is 6.09. The Hall–Kier alpha value is -3.96. The number of rotatable bonds is 10. The van der Waals surface area contributed by atoms with E-state index in [-0.39, 0.29) is 35.4 Å². The van der Waals surface area contributed by atoms with E-state index in [0.717, 1.165) is 0 Å². The van der Waals surface area contributed by atoms with Gasteiger partial charge >= 0.3 is 16.2 Å². The van der Waals surface area contributed by atoms with Gasteiger partial charge in [-0.1, -0.05) is 24.8 Å². The Morgan fingerprint density at radius 2 is 1.87 bits per heavy atom. The van der Waals surface area contributed by atoms with Crippen LogP contribution in [0.15, 0.2) is 43.5 Å². The van der Waals surface area contributed by atoms with Gasteiger partial charge in [0.25, 0.3) is 0 Å². The first-order valence-corrected chi connectivity index (χ1v) is 13.1. The second-order valence-corrected chi connectivity index (χ2v) is 10.1. The number of nitrogens with two attached hydrogens (primary N) is 1. The SMILES string of the molecule is C=C(CCC(=O)NS(=O)(=O)NC[C@H]1O[C@@H](n2cnc3c(N)ncnc32)[C@H](O)[C@@H]1O)c1ccccc1C(=O)OC. The number of benzene rings is 1. The molecule has 4 atom stereocenters. The molecule has 0 bridgehead atoms. The summed E-state index contributed by atoms with van der Waals surface area (Å²) in [5.74, 6) is -1.28. The van der Waals surface area contributed by atoms with Crippen LogP contribution in [0.3, 0.4) is 0 Å². The fraction of sp³-hybridized carbons (Fsp3) is 0.348. The van der Waals surface area contributed by atoms with Crippen LogP contribution >= 0.6 is 0 Å². The van der Waals surface area contributed by atoms with Crippen LogP contribution in [-0.2, 0) is 24.5 Å². The van der Waals surface area contributed by atoms with Crippen molar-refractivity contribution >= 4 is 44.6 Å². The number of ether oxygens (including phenoxy) is 2. The molecule has 15 nitrogen and oxygen atoms in total. The van der Waals surface area contributed by atoms with E-state index in [0.29, 0.717) is 11.1 Å². The van der Waals surface area contributed by atoms with Crippen molar-refractivity contribution in [3.05, 3.63) is 54.6 Å². The summed E-state index contributed by atoms with van der Waals surface area (Å²) in [6.07, 6.45) is -2.87. The van der Waals surface area contributed by atoms with Gasteiger partial charge in [0.15, 0.2) is 17.7 Å². The summed E-state index contributed by atoms with van der Waals surface area (Å²) in [7, 11) is -3.10. The molecule has 0 radical (unpaired) electrons. The lowest BCUT2D eigenvalue weighted by Crippen LogP contribution is -2.45. The van der Waals surface area contributed by atoms with Crippen LogP contribution in [0.25, 0.3) is 16.7 Å². The molecular formula is C23H27N7O8S. The van der Waals surface area contributed by atoms with Crippen molar-refractivity contribution in [1.82, 2.24) is 29.0 Å². The molecule has 1 amide bonds. The van der Waals surface area contributed by atoms with Gasteiger partial charge in [0.05, 0.1) is 19.0 Å². The lowest BCUT2D eigenvalue weighted by molar-refractivity contribution is -0.119. The Bertz CT molecular complexity index is 1510. The van der Waals surface area contributed by atoms with Gasteiger partial charge < -0.3 is 25.4 Å². The Kier molecular flexibility index (Phi) is 8.22. The Morgan fingerprint density at radius 1 is 1.15 bits per heavy atom. The van der Waals surface area contributed by atoms with Crippen LogP contribution in [-0.4, -0.2) is 82.0 Å². The van der Waals surface area contributed by atoms with E-state index in [4.69, 9.17) is 15.2 Å². The van der Waals surface area contributed by atoms with Gasteiger partial charge in [0, 0.05) is 13.0 Å². The topological polar surface area (TPSA) is 221 Å². The summed E-state index contributed by atoms with van der Waals surface area (Å²) < 4.78 is 40.7. The zero-order valence-electron chi connectivity index (χ0n) is 20.7. The van der Waals surface area contributed by atoms with E-state index in [1.165, 1.54) is 24.3 Å². The lowest BCUT2D eigenvalue weighted by atomic mass is 9.97. The maximum Gasteiger partial charge on any atom is 0.338 e. The van der Waals surface area contributed by atoms with E-state index in [2.05, 4.69) is 26.3 Å². The number of imidazole rings is 1. The number of fused-ring (bicyclic) bond motifs is 1. The molecule has 1 aromatic carbocycles. The molecule has 4 rings (SSSR count). The highest BCUT2D eigenvalue weighted by molar-refractivity contribution is 7.88. The molecular weight excluding hydrogens is 534 g/mol. The highest BCUT2D eigenvalue weighted by Gasteiger charge is 2.44. The Labute approximate surface area is 222 Å². The molecule has 0 spiro atoms. The third kappa shape index (κ3) is 6.04. The van der Waals surface area contributed by atoms with Gasteiger partial charge in [0.1, 0.15) is 30.2 Å². The molecule has 0 unspecified atom stereocenters. The monoisotopic (exact) mass is 561 g/mol. The van der Waals surface area contributed by atoms with Crippen LogP contribution in [0.4, 0.5) is 5.82 Å². The summed E-state index contributed by atoms with van der Waals surface area (Å²) >= 11 is 0. The molecule has 208 valence electrons. The third-order valence-corrected chi connectivity index (χ3v) is 7.13. The number of aromatic nitrogens is 4. The summed E-state index contributed by atoms with van der Waals surface area (Å²) in [6, 6.07) is 6.55. The fourth-order valence-corrected chi connectivity index (χ4v) is 4.95. The van der Waals surface area contributed by atoms with Crippen LogP contribution in [0, 0.1) is 0 Å². The second-order valence-electron chi connectivity index (χ2n) is 8.65. The number of anilines is 1. The quantitative estimate of drug-likeness (QED) is 0.193. The number of hydrogen-bond donors (Lipinski definition) is 5. The number of hydrogen-bond acceptors (Lipinski definition) is 12. The molecule has 3 aromatic rings. The number of nitrogens with one attached hydrogen (secondary N) is 2. The van der Waals surface area contributed by atoms with Gasteiger partial charge in [-0.05, 0) is 23.6 Å². The largest absolute Gasteiger partial charge is 0.465 e. The number of aliphatic hydroxyl groups excluding tert-OH is 2. The second kappa shape index (κ2) is 11.4. The number of amides is 1. The molecule has 39 heavy (non-hydrogen) atoms. The normalized spacial score (nSPS) is 21.1. The van der Waals surface area contributed by atoms with E-state index in [1.807, 2.05) is 4.72 Å². The number of esters is 1. The molecule has 1 aliphatic rings. The van der Waals surface area contributed by atoms with Crippen molar-refractivity contribution in [3.8, 4) is 0 Å². The molecule has 3 heterocycles. The maximum absolute atomic E-state index is 12.4. The van der Waals surface area contributed by atoms with Crippen LogP contribution < -0.4 is 15.2 Å². The first-order valence-electron chi connectivity index (χ1n) is 11.6. The van der Waals surface area contributed by atoms with Crippen LogP contribution in [0.1, 0.15) is 35.0 Å². The molecule has 6 N–H and O–H groups in total. The molecule has 1 fully saturated rings. The highest BCUT2D eigenvalue weighted by atomic mass is 32.2. The van der Waals surface area contributed by atoms with Crippen molar-refractivity contribution in [3.63, 3.8) is 0 Å². The van der Waals surface area contributed by atoms with Gasteiger partial charge in [-0.15, -0.1) is 0 Å². The standard InChI is InChI=1S/C23H27N7O8S/c1-12(13-5-3-4-6-14(13)23(34)37-2)7-8-16(31)29-39(35,36)28-9-15-18(32)19(33)22(38-15)30-11-27-17-20(24)25-10-26-21(17)30/h3-6,10-11,15,18-19,22,28,32-33H,1,7-9H2,2H3,(H,29,31)(H2,24,25,26)/t15-,18-,19-,22-/m1/s1. The van der Waals surface area contributed by atoms with Crippen molar-refractivity contribution in [2.45, 2.75) is 37.4 Å². The molecule has 0 saturated carbocycles. The number of aliphatic hydroxyl groups is 2. The first kappa shape index (κ1) is 28.1. The van der Waals surface area contributed by atoms with Crippen molar-refractivity contribution < 1.29 is 37.7 Å². The zero-order chi connectivity index (χ0) is 28.3. The van der Waals surface area contributed by atoms with Gasteiger partial charge in [-0.2, -0.15) is 13.1 Å². The Morgan fingerprint density at radius 3 is 2.59 bits per heavy atom. The van der Waals surface area contributed by atoms with E-state index >= 15 is 0 Å². The summed E-state index contributed by atoms with van der Waals surface area (Å²) in [4.78, 5) is 36.3. The van der Waals surface area contributed by atoms with Gasteiger partial charge in [-0.25, -0.2) is 24.5 Å². The highest BCUT2D eigenvalue weighted by Crippen LogP contribution is 2.31. The number of nitrogen functional groups attached to an aromatic ring is 1. The average Bonchev–Trinajstić information content (AvgIpc) is 3.47. The summed E-state index contributed by atoms with van der Waals surface area (Å²) in [5.41, 5.74) is 7.49. The number of nitrogens with zero attached hydrogens (tertiary/aromatic N) is 4. The van der Waals surface area contributed by atoms with E-state index < -0.39 is 53.2 Å². The van der Waals surface area contributed by atoms with Crippen molar-refractivity contribution in [2.24, 2.45) is 0 Å². The molecule has 2 aromatic heterocycles. The smallest absolute Gasteiger partial charge is 0.338 e. The molecule has 1 saturated heterocycles. The van der Waals surface area contributed by atoms with E-state index in [9.17, 15) is 28.2 Å². The number of carbonyl (C=O) groups excluding carboxylic acids is 2. The van der Waals surface area contributed by atoms with Crippen molar-refractivity contribution in [1.29, 1.82) is 0 Å². The Balaban J connectivity index is 1.32. The van der Waals surface area contributed by atoms with Crippen molar-refractivity contribution in [2.75, 3.05) is 19.4 Å². The number of allylic oxidation sites excluding steroid dienone is 1. The number of carbonyl (C=O) groups is 2. The minimum Gasteiger partial charge on any atom is -0.465 e. The summed E-state index contributed by atoms with van der Waals surface area (Å²) in [6.45, 7) is 3.43. The van der Waals surface area contributed by atoms with Gasteiger partial charge in [0.2, 0.25) is 5.91 Å². The first-order chi connectivity index (χ1) is 18.5. The van der Waals surface area contributed by atoms with E-state index in [1.54, 1.807) is 24.3 Å². The predicted molar refractivity (Wildman–Crippen MR) is 137 cm³/mol. The molecule has 1 aliphatic heterocycles.